The van der Waals surface area contributed by atoms with Crippen LogP contribution in [0, 0.1) is 0 Å². The first-order chi connectivity index (χ1) is 18.0. The highest BCUT2D eigenvalue weighted by atomic mass is 32.2. The van der Waals surface area contributed by atoms with Crippen LogP contribution in [0.5, 0.6) is 11.5 Å². The van der Waals surface area contributed by atoms with Crippen LogP contribution in [-0.4, -0.2) is 35.1 Å². The highest BCUT2D eigenvalue weighted by molar-refractivity contribution is 7.91. The molecule has 0 aliphatic heterocycles. The molecule has 4 aromatic rings. The summed E-state index contributed by atoms with van der Waals surface area (Å²) < 4.78 is 36.3. The summed E-state index contributed by atoms with van der Waals surface area (Å²) in [5, 5.41) is 8.38. The second kappa shape index (κ2) is 11.9. The maximum absolute atomic E-state index is 13.0. The largest absolute Gasteiger partial charge is 0.497 e. The number of nitrogens with one attached hydrogen (secondary N) is 2. The van der Waals surface area contributed by atoms with Crippen LogP contribution in [0.25, 0.3) is 0 Å². The molecule has 0 radical (unpaired) electrons. The van der Waals surface area contributed by atoms with Crippen LogP contribution in [0.2, 0.25) is 0 Å². The molecule has 37 heavy (non-hydrogen) atoms. The lowest BCUT2D eigenvalue weighted by Gasteiger charge is -2.07. The molecule has 0 aromatic heterocycles. The Hall–Kier alpha value is -4.63. The number of ether oxygens (including phenoxy) is 2. The summed E-state index contributed by atoms with van der Waals surface area (Å²) in [6.07, 6.45) is 3.33. The molecular weight excluding hydrogens is 488 g/mol. The van der Waals surface area contributed by atoms with E-state index in [0.717, 1.165) is 22.6 Å². The van der Waals surface area contributed by atoms with Crippen LogP contribution in [0.1, 0.15) is 11.1 Å². The molecule has 0 bridgehead atoms. The Kier molecular flexibility index (Phi) is 8.17. The maximum Gasteiger partial charge on any atom is 0.206 e. The SMILES string of the molecule is COc1ccc(/C=N\Nc2ccc(S(=O)(=O)c3ccc(N/N=C\c4ccc(OC)cc4)cc3)cc2)cc1. The number of hydrogen-bond donors (Lipinski definition) is 2. The fourth-order valence-electron chi connectivity index (χ4n) is 3.30. The average molecular weight is 515 g/mol. The predicted octanol–water partition coefficient (Wildman–Crippen LogP) is 5.43. The third kappa shape index (κ3) is 6.74. The van der Waals surface area contributed by atoms with E-state index < -0.39 is 9.84 Å². The number of hydrazone groups is 2. The van der Waals surface area contributed by atoms with E-state index in [1.165, 1.54) is 0 Å². The van der Waals surface area contributed by atoms with E-state index in [1.807, 2.05) is 48.5 Å². The summed E-state index contributed by atoms with van der Waals surface area (Å²) in [6, 6.07) is 27.8. The van der Waals surface area contributed by atoms with Gasteiger partial charge in [0.1, 0.15) is 11.5 Å². The zero-order valence-corrected chi connectivity index (χ0v) is 21.1. The molecule has 8 nitrogen and oxygen atoms in total. The summed E-state index contributed by atoms with van der Waals surface area (Å²) in [4.78, 5) is 0.380. The zero-order chi connectivity index (χ0) is 26.1. The molecule has 0 fully saturated rings. The van der Waals surface area contributed by atoms with Crippen molar-refractivity contribution in [2.45, 2.75) is 9.79 Å². The minimum Gasteiger partial charge on any atom is -0.497 e. The third-order valence-electron chi connectivity index (χ3n) is 5.38. The fourth-order valence-corrected chi connectivity index (χ4v) is 4.56. The van der Waals surface area contributed by atoms with Gasteiger partial charge in [0.2, 0.25) is 9.84 Å². The molecule has 0 aliphatic carbocycles. The van der Waals surface area contributed by atoms with Gasteiger partial charge >= 0.3 is 0 Å². The van der Waals surface area contributed by atoms with Crippen molar-refractivity contribution < 1.29 is 17.9 Å². The van der Waals surface area contributed by atoms with Crippen molar-refractivity contribution in [1.29, 1.82) is 0 Å². The van der Waals surface area contributed by atoms with Crippen molar-refractivity contribution in [1.82, 2.24) is 0 Å². The normalized spacial score (nSPS) is 11.5. The van der Waals surface area contributed by atoms with Gasteiger partial charge in [0.25, 0.3) is 0 Å². The molecule has 4 aromatic carbocycles. The van der Waals surface area contributed by atoms with Gasteiger partial charge in [-0.05, 0) is 108 Å². The standard InChI is InChI=1S/C28H26N4O4S/c1-35-25-11-3-21(4-12-25)19-29-31-23-7-15-27(16-8-23)37(33,34)28-17-9-24(10-18-28)32-30-20-22-5-13-26(36-2)14-6-22/h3-20,31-32H,1-2H3/b29-19-,30-20-. The Morgan fingerprint density at radius 3 is 1.24 bits per heavy atom. The monoisotopic (exact) mass is 514 g/mol. The second-order valence-electron chi connectivity index (χ2n) is 7.84. The Balaban J connectivity index is 1.35. The number of methoxy groups -OCH3 is 2. The lowest BCUT2D eigenvalue weighted by molar-refractivity contribution is 0.414. The van der Waals surface area contributed by atoms with Gasteiger partial charge in [-0.1, -0.05) is 0 Å². The van der Waals surface area contributed by atoms with E-state index in [-0.39, 0.29) is 9.79 Å². The molecule has 0 amide bonds. The van der Waals surface area contributed by atoms with Crippen LogP contribution in [0.3, 0.4) is 0 Å². The smallest absolute Gasteiger partial charge is 0.206 e. The van der Waals surface area contributed by atoms with Crippen molar-refractivity contribution in [3.8, 4) is 11.5 Å². The van der Waals surface area contributed by atoms with Crippen molar-refractivity contribution in [2.24, 2.45) is 10.2 Å². The number of benzene rings is 4. The Labute approximate surface area is 216 Å². The van der Waals surface area contributed by atoms with E-state index in [4.69, 9.17) is 9.47 Å². The van der Waals surface area contributed by atoms with Crippen molar-refractivity contribution >= 4 is 33.6 Å². The van der Waals surface area contributed by atoms with Crippen LogP contribution in [0.15, 0.2) is 117 Å². The van der Waals surface area contributed by atoms with Crippen LogP contribution in [0.4, 0.5) is 11.4 Å². The number of sulfone groups is 1. The van der Waals surface area contributed by atoms with Gasteiger partial charge in [-0.15, -0.1) is 0 Å². The van der Waals surface area contributed by atoms with Gasteiger partial charge in [0.15, 0.2) is 0 Å². The number of rotatable bonds is 10. The quantitative estimate of drug-likeness (QED) is 0.216. The summed E-state index contributed by atoms with van der Waals surface area (Å²) >= 11 is 0. The summed E-state index contributed by atoms with van der Waals surface area (Å²) in [5.74, 6) is 1.54. The van der Waals surface area contributed by atoms with Gasteiger partial charge in [0.05, 0.1) is 47.8 Å². The summed E-state index contributed by atoms with van der Waals surface area (Å²) in [7, 11) is -0.442. The van der Waals surface area contributed by atoms with Gasteiger partial charge in [-0.2, -0.15) is 10.2 Å². The number of hydrogen-bond acceptors (Lipinski definition) is 8. The van der Waals surface area contributed by atoms with Gasteiger partial charge in [0, 0.05) is 0 Å². The first-order valence-corrected chi connectivity index (χ1v) is 12.8. The molecule has 0 spiro atoms. The maximum atomic E-state index is 13.0. The molecule has 0 saturated heterocycles. The predicted molar refractivity (Wildman–Crippen MR) is 147 cm³/mol. The molecule has 0 heterocycles. The first kappa shape index (κ1) is 25.5. The second-order valence-corrected chi connectivity index (χ2v) is 9.79. The van der Waals surface area contributed by atoms with E-state index >= 15 is 0 Å². The molecule has 0 unspecified atom stereocenters. The van der Waals surface area contributed by atoms with Crippen LogP contribution in [-0.2, 0) is 9.84 Å². The van der Waals surface area contributed by atoms with Crippen molar-refractivity contribution in [3.63, 3.8) is 0 Å². The van der Waals surface area contributed by atoms with Crippen molar-refractivity contribution in [2.75, 3.05) is 25.1 Å². The Morgan fingerprint density at radius 1 is 0.568 bits per heavy atom. The minimum absolute atomic E-state index is 0.190. The fraction of sp³-hybridized carbons (Fsp3) is 0.0714. The Morgan fingerprint density at radius 2 is 0.919 bits per heavy atom. The lowest BCUT2D eigenvalue weighted by Crippen LogP contribution is -2.02. The first-order valence-electron chi connectivity index (χ1n) is 11.3. The minimum atomic E-state index is -3.67. The summed E-state index contributed by atoms with van der Waals surface area (Å²) in [6.45, 7) is 0. The average Bonchev–Trinajstić information content (AvgIpc) is 2.94. The van der Waals surface area contributed by atoms with Crippen LogP contribution < -0.4 is 20.3 Å². The van der Waals surface area contributed by atoms with Gasteiger partial charge in [-0.3, -0.25) is 10.9 Å². The lowest BCUT2D eigenvalue weighted by atomic mass is 10.2. The highest BCUT2D eigenvalue weighted by Gasteiger charge is 2.17. The molecular formula is C28H26N4O4S. The van der Waals surface area contributed by atoms with Gasteiger partial charge in [-0.25, -0.2) is 8.42 Å². The number of nitrogens with zero attached hydrogens (tertiary/aromatic N) is 2. The van der Waals surface area contributed by atoms with E-state index in [2.05, 4.69) is 21.1 Å². The molecule has 0 saturated carbocycles. The third-order valence-corrected chi connectivity index (χ3v) is 7.16. The number of anilines is 2. The zero-order valence-electron chi connectivity index (χ0n) is 20.3. The van der Waals surface area contributed by atoms with E-state index in [9.17, 15) is 8.42 Å². The van der Waals surface area contributed by atoms with Crippen molar-refractivity contribution in [3.05, 3.63) is 108 Å². The molecule has 9 heteroatoms. The topological polar surface area (TPSA) is 101 Å². The molecule has 188 valence electrons. The summed E-state index contributed by atoms with van der Waals surface area (Å²) in [5.41, 5.74) is 8.93. The van der Waals surface area contributed by atoms with Gasteiger partial charge < -0.3 is 9.47 Å². The molecule has 2 N–H and O–H groups in total. The van der Waals surface area contributed by atoms with Crippen LogP contribution >= 0.6 is 0 Å². The highest BCUT2D eigenvalue weighted by Crippen LogP contribution is 2.24. The molecule has 4 rings (SSSR count). The van der Waals surface area contributed by atoms with E-state index in [1.54, 1.807) is 75.2 Å². The Bertz CT molecular complexity index is 1360. The molecule has 0 atom stereocenters. The molecule has 0 aliphatic rings. The van der Waals surface area contributed by atoms with E-state index in [0.29, 0.717) is 11.4 Å².